The fourth-order valence-corrected chi connectivity index (χ4v) is 2.82. The predicted octanol–water partition coefficient (Wildman–Crippen LogP) is 0.922. The number of hydrogen-bond donors (Lipinski definition) is 1. The molecule has 1 aliphatic rings. The van der Waals surface area contributed by atoms with Crippen LogP contribution in [0.3, 0.4) is 0 Å². The van der Waals surface area contributed by atoms with Crippen LogP contribution in [0.1, 0.15) is 6.92 Å². The van der Waals surface area contributed by atoms with Gasteiger partial charge >= 0.3 is 0 Å². The van der Waals surface area contributed by atoms with E-state index >= 15 is 0 Å². The van der Waals surface area contributed by atoms with Gasteiger partial charge < -0.3 is 10.2 Å². The number of benzene rings is 1. The molecular weight excluding hydrogens is 308 g/mol. The van der Waals surface area contributed by atoms with E-state index < -0.39 is 0 Å². The first-order valence-electron chi connectivity index (χ1n) is 7.47. The summed E-state index contributed by atoms with van der Waals surface area (Å²) in [5.41, 5.74) is 3.14. The normalized spacial score (nSPS) is 14.2. The van der Waals surface area contributed by atoms with Crippen LogP contribution in [-0.2, 0) is 18.4 Å². The van der Waals surface area contributed by atoms with Crippen LogP contribution in [0.4, 0.5) is 11.6 Å². The Labute approximate surface area is 137 Å². The standard InChI is InChI=1S/C15H16N8O/c1-9-12(8-23-15(21(9)2)18-19-20-23)14(24)17-11-5-4-10-7-16-22(3)13(10)6-11/h4-7H,8H2,1-3H3,(H,17,24). The Kier molecular flexibility index (Phi) is 3.08. The number of tetrazole rings is 1. The van der Waals surface area contributed by atoms with Gasteiger partial charge in [-0.2, -0.15) is 5.10 Å². The highest BCUT2D eigenvalue weighted by Crippen LogP contribution is 2.25. The van der Waals surface area contributed by atoms with Gasteiger partial charge in [0, 0.05) is 30.9 Å². The lowest BCUT2D eigenvalue weighted by atomic mass is 10.1. The van der Waals surface area contributed by atoms with Gasteiger partial charge in [-0.15, -0.1) is 0 Å². The topological polar surface area (TPSA) is 93.8 Å². The summed E-state index contributed by atoms with van der Waals surface area (Å²) in [6.45, 7) is 2.23. The number of rotatable bonds is 2. The number of carbonyl (C=O) groups excluding carboxylic acids is 1. The monoisotopic (exact) mass is 324 g/mol. The average molecular weight is 324 g/mol. The largest absolute Gasteiger partial charge is 0.322 e. The predicted molar refractivity (Wildman–Crippen MR) is 88.3 cm³/mol. The molecule has 0 spiro atoms. The molecule has 122 valence electrons. The van der Waals surface area contributed by atoms with Crippen LogP contribution in [-0.4, -0.2) is 42.9 Å². The van der Waals surface area contributed by atoms with Crippen LogP contribution in [0.5, 0.6) is 0 Å². The van der Waals surface area contributed by atoms with Gasteiger partial charge in [-0.1, -0.05) is 5.10 Å². The van der Waals surface area contributed by atoms with E-state index in [2.05, 4.69) is 25.9 Å². The molecule has 9 nitrogen and oxygen atoms in total. The number of aromatic nitrogens is 6. The highest BCUT2D eigenvalue weighted by molar-refractivity contribution is 6.05. The van der Waals surface area contributed by atoms with E-state index in [0.717, 1.165) is 22.3 Å². The van der Waals surface area contributed by atoms with Crippen LogP contribution < -0.4 is 10.2 Å². The van der Waals surface area contributed by atoms with Crippen LogP contribution in [0.2, 0.25) is 0 Å². The van der Waals surface area contributed by atoms with Gasteiger partial charge in [-0.25, -0.2) is 4.68 Å². The number of allylic oxidation sites excluding steroid dienone is 1. The van der Waals surface area contributed by atoms with Crippen molar-refractivity contribution in [1.29, 1.82) is 0 Å². The Hall–Kier alpha value is -3.23. The molecule has 3 aromatic rings. The van der Waals surface area contributed by atoms with Gasteiger partial charge in [0.15, 0.2) is 0 Å². The average Bonchev–Trinajstić information content (AvgIpc) is 3.18. The quantitative estimate of drug-likeness (QED) is 0.753. The van der Waals surface area contributed by atoms with Crippen LogP contribution in [0, 0.1) is 0 Å². The summed E-state index contributed by atoms with van der Waals surface area (Å²) in [4.78, 5) is 14.5. The maximum atomic E-state index is 12.7. The van der Waals surface area contributed by atoms with E-state index in [0.29, 0.717) is 18.1 Å². The van der Waals surface area contributed by atoms with Gasteiger partial charge in [-0.05, 0) is 35.5 Å². The second-order valence-electron chi connectivity index (χ2n) is 5.76. The molecule has 1 aromatic carbocycles. The third-order valence-corrected chi connectivity index (χ3v) is 4.34. The lowest BCUT2D eigenvalue weighted by Crippen LogP contribution is -2.32. The van der Waals surface area contributed by atoms with E-state index in [1.54, 1.807) is 15.6 Å². The Bertz CT molecular complexity index is 982. The lowest BCUT2D eigenvalue weighted by molar-refractivity contribution is -0.113. The molecule has 0 bridgehead atoms. The number of nitrogens with one attached hydrogen (secondary N) is 1. The van der Waals surface area contributed by atoms with Crippen molar-refractivity contribution < 1.29 is 4.79 Å². The first-order chi connectivity index (χ1) is 11.5. The molecule has 0 radical (unpaired) electrons. The summed E-state index contributed by atoms with van der Waals surface area (Å²) in [6, 6.07) is 5.71. The van der Waals surface area contributed by atoms with Crippen molar-refractivity contribution in [1.82, 2.24) is 30.0 Å². The van der Waals surface area contributed by atoms with Crippen molar-refractivity contribution in [2.24, 2.45) is 7.05 Å². The van der Waals surface area contributed by atoms with Crippen LogP contribution in [0.25, 0.3) is 10.9 Å². The number of anilines is 2. The second-order valence-corrected chi connectivity index (χ2v) is 5.76. The lowest BCUT2D eigenvalue weighted by Gasteiger charge is -2.26. The summed E-state index contributed by atoms with van der Waals surface area (Å²) >= 11 is 0. The minimum Gasteiger partial charge on any atom is -0.322 e. The summed E-state index contributed by atoms with van der Waals surface area (Å²) in [7, 11) is 3.71. The number of carbonyl (C=O) groups is 1. The van der Waals surface area contributed by atoms with E-state index in [1.165, 1.54) is 0 Å². The summed E-state index contributed by atoms with van der Waals surface area (Å²) < 4.78 is 3.38. The molecule has 1 amide bonds. The molecule has 0 aliphatic carbocycles. The zero-order valence-electron chi connectivity index (χ0n) is 13.6. The van der Waals surface area contributed by atoms with Crippen molar-refractivity contribution in [2.75, 3.05) is 17.3 Å². The Balaban J connectivity index is 1.63. The fourth-order valence-electron chi connectivity index (χ4n) is 2.82. The first kappa shape index (κ1) is 14.4. The molecule has 4 rings (SSSR count). The number of nitrogens with zero attached hydrogens (tertiary/aromatic N) is 7. The summed E-state index contributed by atoms with van der Waals surface area (Å²) in [6.07, 6.45) is 1.79. The van der Waals surface area contributed by atoms with Gasteiger partial charge in [-0.3, -0.25) is 9.48 Å². The minimum atomic E-state index is -0.165. The van der Waals surface area contributed by atoms with Crippen LogP contribution in [0.15, 0.2) is 35.7 Å². The Morgan fingerprint density at radius 1 is 1.29 bits per heavy atom. The van der Waals surface area contributed by atoms with Gasteiger partial charge in [0.05, 0.1) is 23.8 Å². The van der Waals surface area contributed by atoms with E-state index in [9.17, 15) is 4.79 Å². The Morgan fingerprint density at radius 3 is 2.96 bits per heavy atom. The number of hydrogen-bond acceptors (Lipinski definition) is 6. The van der Waals surface area contributed by atoms with Crippen LogP contribution >= 0.6 is 0 Å². The molecular formula is C15H16N8O. The highest BCUT2D eigenvalue weighted by Gasteiger charge is 2.26. The molecule has 0 fully saturated rings. The molecule has 0 unspecified atom stereocenters. The zero-order valence-corrected chi connectivity index (χ0v) is 13.6. The number of aryl methyl sites for hydroxylation is 1. The third kappa shape index (κ3) is 2.13. The first-order valence-corrected chi connectivity index (χ1v) is 7.47. The molecule has 0 saturated heterocycles. The minimum absolute atomic E-state index is 0.165. The number of fused-ring (bicyclic) bond motifs is 2. The molecule has 0 atom stereocenters. The molecule has 3 heterocycles. The van der Waals surface area contributed by atoms with Crippen molar-refractivity contribution in [2.45, 2.75) is 13.5 Å². The Morgan fingerprint density at radius 2 is 2.12 bits per heavy atom. The molecule has 0 saturated carbocycles. The maximum Gasteiger partial charge on any atom is 0.255 e. The van der Waals surface area contributed by atoms with E-state index in [1.807, 2.05) is 44.1 Å². The van der Waals surface area contributed by atoms with Gasteiger partial charge in [0.25, 0.3) is 5.91 Å². The number of amides is 1. The zero-order chi connectivity index (χ0) is 16.8. The van der Waals surface area contributed by atoms with Crippen molar-refractivity contribution in [3.8, 4) is 0 Å². The fraction of sp³-hybridized carbons (Fsp3) is 0.267. The molecule has 9 heteroatoms. The summed E-state index contributed by atoms with van der Waals surface area (Å²) in [5.74, 6) is 0.461. The smallest absolute Gasteiger partial charge is 0.255 e. The van der Waals surface area contributed by atoms with Crippen molar-refractivity contribution >= 4 is 28.4 Å². The second kappa shape index (κ2) is 5.15. The van der Waals surface area contributed by atoms with Gasteiger partial charge in [0.2, 0.25) is 5.95 Å². The van der Waals surface area contributed by atoms with Gasteiger partial charge in [0.1, 0.15) is 0 Å². The SMILES string of the molecule is CC1=C(C(=O)Nc2ccc3cnn(C)c3c2)Cn2nnnc2N1C. The van der Waals surface area contributed by atoms with E-state index in [4.69, 9.17) is 0 Å². The van der Waals surface area contributed by atoms with Crippen molar-refractivity contribution in [3.05, 3.63) is 35.7 Å². The molecule has 1 N–H and O–H groups in total. The van der Waals surface area contributed by atoms with E-state index in [-0.39, 0.29) is 5.91 Å². The van der Waals surface area contributed by atoms with Crippen molar-refractivity contribution in [3.63, 3.8) is 0 Å². The summed E-state index contributed by atoms with van der Waals surface area (Å²) in [5, 5.41) is 19.7. The molecule has 24 heavy (non-hydrogen) atoms. The molecule has 1 aliphatic heterocycles. The maximum absolute atomic E-state index is 12.7. The highest BCUT2D eigenvalue weighted by atomic mass is 16.1. The third-order valence-electron chi connectivity index (χ3n) is 4.34. The molecule has 2 aromatic heterocycles.